The van der Waals surface area contributed by atoms with Crippen molar-refractivity contribution < 1.29 is 14.2 Å². The van der Waals surface area contributed by atoms with Crippen molar-refractivity contribution in [1.82, 2.24) is 10.2 Å². The van der Waals surface area contributed by atoms with Gasteiger partial charge in [-0.15, -0.1) is 5.10 Å². The molecule has 0 fully saturated rings. The number of fused-ring (bicyclic) bond motifs is 1. The van der Waals surface area contributed by atoms with Crippen LogP contribution in [0.5, 0.6) is 17.4 Å². The summed E-state index contributed by atoms with van der Waals surface area (Å²) in [6.45, 7) is 0. The summed E-state index contributed by atoms with van der Waals surface area (Å²) >= 11 is 0. The highest BCUT2D eigenvalue weighted by Gasteiger charge is 2.37. The molecule has 3 aromatic rings. The Morgan fingerprint density at radius 1 is 1.14 bits per heavy atom. The maximum atomic E-state index is 9.82. The third kappa shape index (κ3) is 2.72. The van der Waals surface area contributed by atoms with E-state index in [1.807, 2.05) is 42.5 Å². The van der Waals surface area contributed by atoms with Crippen LogP contribution < -0.4 is 19.9 Å². The monoisotopic (exact) mass is 374 g/mol. The van der Waals surface area contributed by atoms with Gasteiger partial charge in [-0.05, 0) is 11.6 Å². The highest BCUT2D eigenvalue weighted by atomic mass is 16.5. The van der Waals surface area contributed by atoms with Gasteiger partial charge in [0.25, 0.3) is 0 Å². The molecule has 0 saturated heterocycles. The van der Waals surface area contributed by atoms with Crippen molar-refractivity contribution in [3.05, 3.63) is 71.1 Å². The number of nitriles is 1. The first-order valence-corrected chi connectivity index (χ1v) is 8.61. The zero-order valence-electron chi connectivity index (χ0n) is 15.4. The molecule has 0 spiro atoms. The number of nitrogens with two attached hydrogens (primary N) is 1. The van der Waals surface area contributed by atoms with Crippen LogP contribution in [-0.4, -0.2) is 24.4 Å². The number of allylic oxidation sites excluding steroid dienone is 1. The maximum Gasteiger partial charge on any atom is 0.244 e. The van der Waals surface area contributed by atoms with Gasteiger partial charge in [0, 0.05) is 11.6 Å². The van der Waals surface area contributed by atoms with Crippen LogP contribution in [0.4, 0.5) is 0 Å². The quantitative estimate of drug-likeness (QED) is 0.726. The van der Waals surface area contributed by atoms with E-state index in [1.54, 1.807) is 20.3 Å². The molecule has 0 aliphatic carbocycles. The predicted octanol–water partition coefficient (Wildman–Crippen LogP) is 3.31. The van der Waals surface area contributed by atoms with Gasteiger partial charge in [0.2, 0.25) is 11.8 Å². The second kappa shape index (κ2) is 7.00. The van der Waals surface area contributed by atoms with Gasteiger partial charge in [0.15, 0.2) is 0 Å². The Morgan fingerprint density at radius 2 is 1.93 bits per heavy atom. The molecule has 1 aliphatic heterocycles. The highest BCUT2D eigenvalue weighted by Crippen LogP contribution is 2.48. The summed E-state index contributed by atoms with van der Waals surface area (Å²) in [7, 11) is 3.16. The number of aromatic nitrogens is 2. The molecule has 28 heavy (non-hydrogen) atoms. The summed E-state index contributed by atoms with van der Waals surface area (Å²) < 4.78 is 16.5. The molecule has 0 saturated carbocycles. The molecule has 0 bridgehead atoms. The van der Waals surface area contributed by atoms with Crippen molar-refractivity contribution in [1.29, 1.82) is 5.26 Å². The van der Waals surface area contributed by atoms with Crippen LogP contribution in [-0.2, 0) is 0 Å². The van der Waals surface area contributed by atoms with Crippen LogP contribution in [0.1, 0.15) is 17.0 Å². The summed E-state index contributed by atoms with van der Waals surface area (Å²) in [5.74, 6) is 1.11. The zero-order valence-corrected chi connectivity index (χ0v) is 15.4. The molecule has 0 unspecified atom stereocenters. The van der Waals surface area contributed by atoms with E-state index < -0.39 is 5.92 Å². The van der Waals surface area contributed by atoms with Crippen LogP contribution in [0, 0.1) is 11.3 Å². The van der Waals surface area contributed by atoms with Crippen molar-refractivity contribution in [2.75, 3.05) is 14.2 Å². The maximum absolute atomic E-state index is 9.82. The fourth-order valence-corrected chi connectivity index (χ4v) is 3.44. The molecule has 7 nitrogen and oxygen atoms in total. The number of aromatic amines is 1. The molecule has 0 radical (unpaired) electrons. The van der Waals surface area contributed by atoms with Crippen molar-refractivity contribution in [2.45, 2.75) is 5.92 Å². The van der Waals surface area contributed by atoms with Gasteiger partial charge in [0.1, 0.15) is 23.1 Å². The summed E-state index contributed by atoms with van der Waals surface area (Å²) in [4.78, 5) is 0. The molecule has 3 N–H and O–H groups in total. The minimum absolute atomic E-state index is 0.0315. The van der Waals surface area contributed by atoms with Crippen LogP contribution in [0.15, 0.2) is 60.0 Å². The SMILES string of the molecule is COc1ccc([C@@H]2C(C#N)=C(N)Oc3n[nH]c(-c4ccccc4)c32)c(OC)c1. The molecular weight excluding hydrogens is 356 g/mol. The number of hydrogen-bond acceptors (Lipinski definition) is 6. The molecule has 140 valence electrons. The second-order valence-corrected chi connectivity index (χ2v) is 6.22. The topological polar surface area (TPSA) is 106 Å². The van der Waals surface area contributed by atoms with Crippen LogP contribution in [0.3, 0.4) is 0 Å². The normalized spacial score (nSPS) is 15.4. The van der Waals surface area contributed by atoms with E-state index >= 15 is 0 Å². The lowest BCUT2D eigenvalue weighted by atomic mass is 9.82. The molecule has 4 rings (SSSR count). The van der Waals surface area contributed by atoms with E-state index in [9.17, 15) is 5.26 Å². The van der Waals surface area contributed by atoms with Gasteiger partial charge in [0.05, 0.1) is 31.4 Å². The van der Waals surface area contributed by atoms with Crippen LogP contribution >= 0.6 is 0 Å². The Balaban J connectivity index is 1.97. The van der Waals surface area contributed by atoms with Gasteiger partial charge in [-0.2, -0.15) is 5.26 Å². The number of rotatable bonds is 4. The van der Waals surface area contributed by atoms with E-state index in [4.69, 9.17) is 19.9 Å². The lowest BCUT2D eigenvalue weighted by Crippen LogP contribution is -2.21. The number of nitrogens with one attached hydrogen (secondary N) is 1. The molecule has 1 atom stereocenters. The Labute approximate surface area is 162 Å². The van der Waals surface area contributed by atoms with Crippen molar-refractivity contribution in [3.63, 3.8) is 0 Å². The first-order chi connectivity index (χ1) is 13.7. The molecular formula is C21H18N4O3. The first-order valence-electron chi connectivity index (χ1n) is 8.61. The number of hydrogen-bond donors (Lipinski definition) is 2. The van der Waals surface area contributed by atoms with E-state index in [0.717, 1.165) is 22.4 Å². The van der Waals surface area contributed by atoms with E-state index in [2.05, 4.69) is 16.3 Å². The van der Waals surface area contributed by atoms with Gasteiger partial charge >= 0.3 is 0 Å². The fraction of sp³-hybridized carbons (Fsp3) is 0.143. The van der Waals surface area contributed by atoms with Gasteiger partial charge in [-0.1, -0.05) is 36.4 Å². The van der Waals surface area contributed by atoms with Gasteiger partial charge in [-0.25, -0.2) is 0 Å². The van der Waals surface area contributed by atoms with Crippen molar-refractivity contribution >= 4 is 0 Å². The molecule has 0 amide bonds. The summed E-state index contributed by atoms with van der Waals surface area (Å²) in [5, 5.41) is 17.1. The standard InChI is InChI=1S/C21H18N4O3/c1-26-13-8-9-14(16(10-13)27-2)17-15(11-22)20(23)28-21-18(17)19(24-25-21)12-6-4-3-5-7-12/h3-10,17H,23H2,1-2H3,(H,24,25)/t17-/m1/s1. The summed E-state index contributed by atoms with van der Waals surface area (Å²) in [5.41, 5.74) is 9.54. The Hall–Kier alpha value is -3.92. The number of benzene rings is 2. The smallest absolute Gasteiger partial charge is 0.244 e. The minimum atomic E-state index is -0.497. The Kier molecular flexibility index (Phi) is 4.38. The lowest BCUT2D eigenvalue weighted by Gasteiger charge is -2.25. The van der Waals surface area contributed by atoms with Crippen LogP contribution in [0.25, 0.3) is 11.3 Å². The average Bonchev–Trinajstić information content (AvgIpc) is 3.16. The lowest BCUT2D eigenvalue weighted by molar-refractivity contribution is 0.373. The largest absolute Gasteiger partial charge is 0.497 e. The molecule has 2 heterocycles. The molecule has 7 heteroatoms. The van der Waals surface area contributed by atoms with Crippen molar-refractivity contribution in [2.24, 2.45) is 5.73 Å². The molecule has 1 aliphatic rings. The minimum Gasteiger partial charge on any atom is -0.497 e. The third-order valence-electron chi connectivity index (χ3n) is 4.75. The number of H-pyrrole nitrogens is 1. The van der Waals surface area contributed by atoms with Crippen molar-refractivity contribution in [3.8, 4) is 34.7 Å². The Bertz CT molecular complexity index is 1100. The van der Waals surface area contributed by atoms with Gasteiger partial charge < -0.3 is 19.9 Å². The number of methoxy groups -OCH3 is 2. The zero-order chi connectivity index (χ0) is 19.7. The second-order valence-electron chi connectivity index (χ2n) is 6.22. The summed E-state index contributed by atoms with van der Waals surface area (Å²) in [6, 6.07) is 17.4. The average molecular weight is 374 g/mol. The summed E-state index contributed by atoms with van der Waals surface area (Å²) in [6.07, 6.45) is 0. The molecule has 1 aromatic heterocycles. The third-order valence-corrected chi connectivity index (χ3v) is 4.75. The Morgan fingerprint density at radius 3 is 2.61 bits per heavy atom. The van der Waals surface area contributed by atoms with E-state index in [0.29, 0.717) is 23.0 Å². The van der Waals surface area contributed by atoms with Gasteiger partial charge in [-0.3, -0.25) is 5.10 Å². The van der Waals surface area contributed by atoms with Crippen LogP contribution in [0.2, 0.25) is 0 Å². The molecule has 2 aromatic carbocycles. The predicted molar refractivity (Wildman–Crippen MR) is 103 cm³/mol. The number of nitrogens with zero attached hydrogens (tertiary/aromatic N) is 2. The number of ether oxygens (including phenoxy) is 3. The van der Waals surface area contributed by atoms with E-state index in [1.165, 1.54) is 0 Å². The highest BCUT2D eigenvalue weighted by molar-refractivity contribution is 5.71. The van der Waals surface area contributed by atoms with E-state index in [-0.39, 0.29) is 5.88 Å². The first kappa shape index (κ1) is 17.5. The fourth-order valence-electron chi connectivity index (χ4n) is 3.44.